The van der Waals surface area contributed by atoms with Gasteiger partial charge < -0.3 is 4.90 Å². The van der Waals surface area contributed by atoms with Crippen LogP contribution in [-0.4, -0.2) is 28.3 Å². The van der Waals surface area contributed by atoms with Crippen LogP contribution < -0.4 is 0 Å². The summed E-state index contributed by atoms with van der Waals surface area (Å²) in [6.07, 6.45) is 5.69. The summed E-state index contributed by atoms with van der Waals surface area (Å²) in [5.41, 5.74) is 0.281. The first-order chi connectivity index (χ1) is 10.1. The molecule has 0 radical (unpaired) electrons. The van der Waals surface area contributed by atoms with Gasteiger partial charge in [-0.25, -0.2) is 0 Å². The van der Waals surface area contributed by atoms with Crippen molar-refractivity contribution in [3.8, 4) is 0 Å². The van der Waals surface area contributed by atoms with Gasteiger partial charge in [-0.3, -0.25) is 14.9 Å². The number of amides is 1. The number of benzene rings is 1. The second-order valence-electron chi connectivity index (χ2n) is 5.82. The molecule has 1 aromatic carbocycles. The van der Waals surface area contributed by atoms with E-state index in [4.69, 9.17) is 11.6 Å². The SMILES string of the molecule is O=C(c1ccc([N+](=O)[O-])c(Cl)c1)N1CCCC2CCCC21. The van der Waals surface area contributed by atoms with E-state index in [-0.39, 0.29) is 16.6 Å². The van der Waals surface area contributed by atoms with Crippen LogP contribution in [0, 0.1) is 16.0 Å². The van der Waals surface area contributed by atoms with E-state index < -0.39 is 4.92 Å². The molecular weight excluding hydrogens is 292 g/mol. The average molecular weight is 309 g/mol. The van der Waals surface area contributed by atoms with Crippen molar-refractivity contribution in [3.63, 3.8) is 0 Å². The van der Waals surface area contributed by atoms with Crippen LogP contribution in [-0.2, 0) is 0 Å². The molecule has 5 nitrogen and oxygen atoms in total. The van der Waals surface area contributed by atoms with Crippen LogP contribution in [0.5, 0.6) is 0 Å². The number of nitro groups is 1. The normalized spacial score (nSPS) is 24.7. The zero-order chi connectivity index (χ0) is 15.0. The molecule has 3 rings (SSSR count). The lowest BCUT2D eigenvalue weighted by molar-refractivity contribution is -0.384. The van der Waals surface area contributed by atoms with Gasteiger partial charge >= 0.3 is 0 Å². The molecule has 1 heterocycles. The molecule has 2 atom stereocenters. The standard InChI is InChI=1S/C15H17ClN2O3/c16-12-9-11(6-7-14(12)18(20)21)15(19)17-8-2-4-10-3-1-5-13(10)17/h6-7,9-10,13H,1-5,8H2. The van der Waals surface area contributed by atoms with Crippen LogP contribution in [0.2, 0.25) is 5.02 Å². The quantitative estimate of drug-likeness (QED) is 0.619. The second-order valence-corrected chi connectivity index (χ2v) is 6.23. The smallest absolute Gasteiger partial charge is 0.287 e. The lowest BCUT2D eigenvalue weighted by Gasteiger charge is -2.37. The van der Waals surface area contributed by atoms with E-state index in [9.17, 15) is 14.9 Å². The lowest BCUT2D eigenvalue weighted by atomic mass is 9.91. The highest BCUT2D eigenvalue weighted by atomic mass is 35.5. The van der Waals surface area contributed by atoms with Crippen LogP contribution in [0.4, 0.5) is 5.69 Å². The Morgan fingerprint density at radius 2 is 2.05 bits per heavy atom. The van der Waals surface area contributed by atoms with Crippen molar-refractivity contribution in [2.24, 2.45) is 5.92 Å². The number of hydrogen-bond acceptors (Lipinski definition) is 3. The number of carbonyl (C=O) groups excluding carboxylic acids is 1. The number of rotatable bonds is 2. The summed E-state index contributed by atoms with van der Waals surface area (Å²) in [6, 6.07) is 4.57. The van der Waals surface area contributed by atoms with Gasteiger partial charge in [-0.15, -0.1) is 0 Å². The van der Waals surface area contributed by atoms with E-state index in [1.54, 1.807) is 0 Å². The Labute approximate surface area is 128 Å². The van der Waals surface area contributed by atoms with Crippen molar-refractivity contribution in [3.05, 3.63) is 38.9 Å². The van der Waals surface area contributed by atoms with Crippen molar-refractivity contribution in [1.82, 2.24) is 4.90 Å². The number of likely N-dealkylation sites (tertiary alicyclic amines) is 1. The Bertz CT molecular complexity index is 590. The third-order valence-electron chi connectivity index (χ3n) is 4.65. The predicted octanol–water partition coefficient (Wildman–Crippen LogP) is 3.65. The molecule has 2 aliphatic rings. The molecule has 1 aliphatic carbocycles. The Balaban J connectivity index is 1.84. The summed E-state index contributed by atoms with van der Waals surface area (Å²) in [4.78, 5) is 24.9. The van der Waals surface area contributed by atoms with E-state index in [0.29, 0.717) is 17.5 Å². The first-order valence-electron chi connectivity index (χ1n) is 7.33. The van der Waals surface area contributed by atoms with Crippen LogP contribution in [0.1, 0.15) is 42.5 Å². The highest BCUT2D eigenvalue weighted by Crippen LogP contribution is 2.37. The average Bonchev–Trinajstić information content (AvgIpc) is 2.94. The van der Waals surface area contributed by atoms with Gasteiger partial charge in [-0.2, -0.15) is 0 Å². The summed E-state index contributed by atoms with van der Waals surface area (Å²) in [5.74, 6) is 0.569. The molecule has 6 heteroatoms. The maximum Gasteiger partial charge on any atom is 0.287 e. The van der Waals surface area contributed by atoms with Crippen molar-refractivity contribution < 1.29 is 9.72 Å². The molecule has 2 unspecified atom stereocenters. The van der Waals surface area contributed by atoms with E-state index in [1.165, 1.54) is 37.5 Å². The fourth-order valence-corrected chi connectivity index (χ4v) is 3.91. The summed E-state index contributed by atoms with van der Waals surface area (Å²) < 4.78 is 0. The Kier molecular flexibility index (Phi) is 3.85. The highest BCUT2D eigenvalue weighted by molar-refractivity contribution is 6.33. The summed E-state index contributed by atoms with van der Waals surface area (Å²) in [5, 5.41) is 10.8. The zero-order valence-electron chi connectivity index (χ0n) is 11.6. The highest BCUT2D eigenvalue weighted by Gasteiger charge is 2.37. The summed E-state index contributed by atoms with van der Waals surface area (Å²) in [7, 11) is 0. The van der Waals surface area contributed by atoms with Gasteiger partial charge in [0.05, 0.1) is 4.92 Å². The van der Waals surface area contributed by atoms with E-state index in [0.717, 1.165) is 19.4 Å². The van der Waals surface area contributed by atoms with Crippen LogP contribution in [0.25, 0.3) is 0 Å². The Morgan fingerprint density at radius 1 is 1.29 bits per heavy atom. The van der Waals surface area contributed by atoms with Gasteiger partial charge in [-0.05, 0) is 43.7 Å². The number of piperidine rings is 1. The molecule has 1 amide bonds. The lowest BCUT2D eigenvalue weighted by Crippen LogP contribution is -2.46. The molecule has 0 N–H and O–H groups in total. The maximum atomic E-state index is 12.7. The zero-order valence-corrected chi connectivity index (χ0v) is 12.4. The van der Waals surface area contributed by atoms with Crippen molar-refractivity contribution in [1.29, 1.82) is 0 Å². The Morgan fingerprint density at radius 3 is 2.76 bits per heavy atom. The van der Waals surface area contributed by atoms with Gasteiger partial charge in [0.15, 0.2) is 0 Å². The molecule has 112 valence electrons. The third-order valence-corrected chi connectivity index (χ3v) is 4.95. The molecule has 1 aromatic rings. The number of hydrogen-bond donors (Lipinski definition) is 0. The first-order valence-corrected chi connectivity index (χ1v) is 7.70. The topological polar surface area (TPSA) is 63.4 Å². The van der Waals surface area contributed by atoms with Crippen LogP contribution in [0.3, 0.4) is 0 Å². The van der Waals surface area contributed by atoms with Gasteiger partial charge in [0.2, 0.25) is 0 Å². The first kappa shape index (κ1) is 14.3. The van der Waals surface area contributed by atoms with Crippen LogP contribution >= 0.6 is 11.6 Å². The predicted molar refractivity (Wildman–Crippen MR) is 79.5 cm³/mol. The molecule has 2 fully saturated rings. The van der Waals surface area contributed by atoms with E-state index in [1.807, 2.05) is 4.90 Å². The van der Waals surface area contributed by atoms with Crippen molar-refractivity contribution >= 4 is 23.2 Å². The van der Waals surface area contributed by atoms with Gasteiger partial charge in [0.25, 0.3) is 11.6 Å². The minimum atomic E-state index is -0.537. The molecular formula is C15H17ClN2O3. The van der Waals surface area contributed by atoms with Gasteiger partial charge in [0.1, 0.15) is 5.02 Å². The van der Waals surface area contributed by atoms with Gasteiger partial charge in [-0.1, -0.05) is 18.0 Å². The molecule has 1 saturated heterocycles. The molecule has 1 saturated carbocycles. The van der Waals surface area contributed by atoms with Crippen molar-refractivity contribution in [2.45, 2.75) is 38.1 Å². The summed E-state index contributed by atoms with van der Waals surface area (Å²) >= 11 is 5.91. The molecule has 21 heavy (non-hydrogen) atoms. The minimum absolute atomic E-state index is 0.0193. The number of nitro benzene ring substituents is 1. The Hall–Kier alpha value is -1.62. The van der Waals surface area contributed by atoms with Crippen molar-refractivity contribution in [2.75, 3.05) is 6.54 Å². The largest absolute Gasteiger partial charge is 0.335 e. The molecule has 1 aliphatic heterocycles. The second kappa shape index (κ2) is 5.64. The number of halogens is 1. The number of nitrogens with zero attached hydrogens (tertiary/aromatic N) is 2. The maximum absolute atomic E-state index is 12.7. The van der Waals surface area contributed by atoms with Gasteiger partial charge in [0, 0.05) is 24.2 Å². The molecule has 0 spiro atoms. The fourth-order valence-electron chi connectivity index (χ4n) is 3.66. The fraction of sp³-hybridized carbons (Fsp3) is 0.533. The third kappa shape index (κ3) is 2.62. The molecule has 0 bridgehead atoms. The number of fused-ring (bicyclic) bond motifs is 1. The summed E-state index contributed by atoms with van der Waals surface area (Å²) in [6.45, 7) is 0.772. The molecule has 0 aromatic heterocycles. The monoisotopic (exact) mass is 308 g/mol. The minimum Gasteiger partial charge on any atom is -0.335 e. The van der Waals surface area contributed by atoms with E-state index >= 15 is 0 Å². The van der Waals surface area contributed by atoms with Crippen LogP contribution in [0.15, 0.2) is 18.2 Å². The van der Waals surface area contributed by atoms with E-state index in [2.05, 4.69) is 0 Å². The number of carbonyl (C=O) groups is 1.